The maximum absolute atomic E-state index is 13.7. The minimum Gasteiger partial charge on any atom is -0.322 e. The molecule has 2 aromatic carbocycles. The highest BCUT2D eigenvalue weighted by Crippen LogP contribution is 2.36. The van der Waals surface area contributed by atoms with Gasteiger partial charge >= 0.3 is 0 Å². The Morgan fingerprint density at radius 2 is 1.76 bits per heavy atom. The number of rotatable bonds is 4. The molecule has 0 spiro atoms. The SMILES string of the molecule is CCc1ccccc1NC(=O)c1cc2c(n(-c3ccc(Cl)c(Cl)c3)c1=O)CC(C)(C)CC2=O. The Morgan fingerprint density at radius 1 is 1.03 bits per heavy atom. The highest BCUT2D eigenvalue weighted by molar-refractivity contribution is 6.42. The number of hydrogen-bond acceptors (Lipinski definition) is 3. The molecule has 0 saturated heterocycles. The highest BCUT2D eigenvalue weighted by Gasteiger charge is 2.35. The lowest BCUT2D eigenvalue weighted by molar-refractivity contribution is 0.0909. The van der Waals surface area contributed by atoms with Crippen LogP contribution in [0.4, 0.5) is 5.69 Å². The first kappa shape index (κ1) is 23.3. The number of halogens is 2. The summed E-state index contributed by atoms with van der Waals surface area (Å²) in [6.45, 7) is 5.96. The van der Waals surface area contributed by atoms with Crippen LogP contribution in [0.2, 0.25) is 10.0 Å². The number of carbonyl (C=O) groups excluding carboxylic acids is 2. The average molecular weight is 483 g/mol. The number of ketones is 1. The third kappa shape index (κ3) is 4.48. The molecule has 1 heterocycles. The van der Waals surface area contributed by atoms with Gasteiger partial charge in [0.25, 0.3) is 11.5 Å². The minimum atomic E-state index is -0.560. The van der Waals surface area contributed by atoms with Crippen LogP contribution in [0.5, 0.6) is 0 Å². The van der Waals surface area contributed by atoms with Gasteiger partial charge in [-0.05, 0) is 54.2 Å². The van der Waals surface area contributed by atoms with Crippen molar-refractivity contribution in [2.24, 2.45) is 5.41 Å². The van der Waals surface area contributed by atoms with E-state index in [2.05, 4.69) is 5.32 Å². The zero-order valence-electron chi connectivity index (χ0n) is 18.7. The average Bonchev–Trinajstić information content (AvgIpc) is 2.75. The van der Waals surface area contributed by atoms with Gasteiger partial charge in [-0.3, -0.25) is 19.0 Å². The largest absolute Gasteiger partial charge is 0.322 e. The van der Waals surface area contributed by atoms with Crippen molar-refractivity contribution in [2.75, 3.05) is 5.32 Å². The number of aromatic nitrogens is 1. The molecule has 1 amide bonds. The van der Waals surface area contributed by atoms with Crippen LogP contribution in [0.25, 0.3) is 5.69 Å². The number of amides is 1. The van der Waals surface area contributed by atoms with Crippen LogP contribution >= 0.6 is 23.2 Å². The molecule has 4 rings (SSSR count). The number of nitrogens with zero attached hydrogens (tertiary/aromatic N) is 1. The molecule has 1 aliphatic carbocycles. The van der Waals surface area contributed by atoms with E-state index in [1.807, 2.05) is 39.0 Å². The molecular formula is C26H24Cl2N2O3. The van der Waals surface area contributed by atoms with Crippen LogP contribution in [-0.4, -0.2) is 16.3 Å². The fourth-order valence-corrected chi connectivity index (χ4v) is 4.61. The van der Waals surface area contributed by atoms with Crippen molar-refractivity contribution in [1.82, 2.24) is 4.57 Å². The molecule has 0 radical (unpaired) electrons. The molecule has 5 nitrogen and oxygen atoms in total. The smallest absolute Gasteiger partial charge is 0.268 e. The van der Waals surface area contributed by atoms with Gasteiger partial charge in [0.1, 0.15) is 5.56 Å². The molecule has 1 N–H and O–H groups in total. The van der Waals surface area contributed by atoms with Crippen LogP contribution in [-0.2, 0) is 12.8 Å². The Morgan fingerprint density at radius 3 is 2.45 bits per heavy atom. The molecule has 33 heavy (non-hydrogen) atoms. The number of hydrogen-bond donors (Lipinski definition) is 1. The predicted molar refractivity (Wildman–Crippen MR) is 132 cm³/mol. The number of anilines is 1. The first-order valence-electron chi connectivity index (χ1n) is 10.8. The van der Waals surface area contributed by atoms with Gasteiger partial charge in [0.15, 0.2) is 5.78 Å². The van der Waals surface area contributed by atoms with Crippen LogP contribution in [0.15, 0.2) is 53.3 Å². The van der Waals surface area contributed by atoms with Crippen molar-refractivity contribution in [3.63, 3.8) is 0 Å². The van der Waals surface area contributed by atoms with Crippen molar-refractivity contribution in [3.05, 3.63) is 91.3 Å². The summed E-state index contributed by atoms with van der Waals surface area (Å²) in [5.41, 5.74) is 2.07. The van der Waals surface area contributed by atoms with Gasteiger partial charge < -0.3 is 5.32 Å². The van der Waals surface area contributed by atoms with E-state index in [0.29, 0.717) is 40.5 Å². The van der Waals surface area contributed by atoms with Gasteiger partial charge in [0.2, 0.25) is 0 Å². The van der Waals surface area contributed by atoms with E-state index in [1.165, 1.54) is 10.6 Å². The number of para-hydroxylation sites is 1. The van der Waals surface area contributed by atoms with Gasteiger partial charge in [-0.25, -0.2) is 0 Å². The fraction of sp³-hybridized carbons (Fsp3) is 0.269. The number of benzene rings is 2. The molecule has 170 valence electrons. The molecule has 3 aromatic rings. The Bertz CT molecular complexity index is 1340. The van der Waals surface area contributed by atoms with E-state index in [-0.39, 0.29) is 21.8 Å². The number of pyridine rings is 1. The van der Waals surface area contributed by atoms with Gasteiger partial charge in [-0.2, -0.15) is 0 Å². The lowest BCUT2D eigenvalue weighted by atomic mass is 9.75. The standard InChI is InChI=1S/C26H24Cl2N2O3/c1-4-15-7-5-6-8-21(15)29-24(32)18-12-17-22(13-26(2,3)14-23(17)31)30(25(18)33)16-9-10-19(27)20(28)11-16/h5-12H,4,13-14H2,1-3H3,(H,29,32). The Balaban J connectivity index is 1.92. The van der Waals surface area contributed by atoms with Crippen LogP contribution in [0, 0.1) is 5.41 Å². The molecule has 1 aromatic heterocycles. The van der Waals surface area contributed by atoms with Crippen molar-refractivity contribution >= 4 is 40.6 Å². The lowest BCUT2D eigenvalue weighted by Crippen LogP contribution is -2.37. The summed E-state index contributed by atoms with van der Waals surface area (Å²) >= 11 is 12.3. The summed E-state index contributed by atoms with van der Waals surface area (Å²) in [4.78, 5) is 40.0. The van der Waals surface area contributed by atoms with Crippen LogP contribution < -0.4 is 10.9 Å². The summed E-state index contributed by atoms with van der Waals surface area (Å²) < 4.78 is 1.43. The van der Waals surface area contributed by atoms with Crippen molar-refractivity contribution in [2.45, 2.75) is 40.0 Å². The van der Waals surface area contributed by atoms with Gasteiger partial charge in [0.05, 0.1) is 15.7 Å². The number of carbonyl (C=O) groups is 2. The minimum absolute atomic E-state index is 0.0983. The summed E-state index contributed by atoms with van der Waals surface area (Å²) in [6.07, 6.45) is 1.56. The van der Waals surface area contributed by atoms with E-state index >= 15 is 0 Å². The Labute approximate surface area is 202 Å². The van der Waals surface area contributed by atoms with E-state index in [1.54, 1.807) is 24.3 Å². The number of Topliss-reactive ketones (excluding diaryl/α,β-unsaturated/α-hetero) is 1. The summed E-state index contributed by atoms with van der Waals surface area (Å²) in [5, 5.41) is 3.48. The van der Waals surface area contributed by atoms with E-state index < -0.39 is 11.5 Å². The quantitative estimate of drug-likeness (QED) is 0.487. The Kier molecular flexibility index (Phi) is 6.21. The highest BCUT2D eigenvalue weighted by atomic mass is 35.5. The summed E-state index contributed by atoms with van der Waals surface area (Å²) in [7, 11) is 0. The van der Waals surface area contributed by atoms with Crippen molar-refractivity contribution in [1.29, 1.82) is 0 Å². The topological polar surface area (TPSA) is 68.2 Å². The number of aryl methyl sites for hydroxylation is 1. The summed E-state index contributed by atoms with van der Waals surface area (Å²) in [5.74, 6) is -0.659. The van der Waals surface area contributed by atoms with E-state index in [0.717, 1.165) is 12.0 Å². The molecule has 1 aliphatic rings. The summed E-state index contributed by atoms with van der Waals surface area (Å²) in [6, 6.07) is 13.7. The molecule has 0 saturated carbocycles. The molecule has 0 aliphatic heterocycles. The van der Waals surface area contributed by atoms with E-state index in [9.17, 15) is 14.4 Å². The van der Waals surface area contributed by atoms with E-state index in [4.69, 9.17) is 23.2 Å². The second kappa shape index (κ2) is 8.81. The van der Waals surface area contributed by atoms with Crippen LogP contribution in [0.1, 0.15) is 59.2 Å². The van der Waals surface area contributed by atoms with Crippen molar-refractivity contribution < 1.29 is 9.59 Å². The zero-order chi connectivity index (χ0) is 23.9. The monoisotopic (exact) mass is 482 g/mol. The van der Waals surface area contributed by atoms with Crippen LogP contribution in [0.3, 0.4) is 0 Å². The maximum atomic E-state index is 13.7. The maximum Gasteiger partial charge on any atom is 0.268 e. The first-order chi connectivity index (χ1) is 15.6. The molecule has 0 fully saturated rings. The second-order valence-electron chi connectivity index (χ2n) is 9.06. The van der Waals surface area contributed by atoms with Gasteiger partial charge in [0, 0.05) is 23.4 Å². The number of fused-ring (bicyclic) bond motifs is 1. The third-order valence-corrected chi connectivity index (χ3v) is 6.68. The molecule has 0 atom stereocenters. The molecular weight excluding hydrogens is 459 g/mol. The van der Waals surface area contributed by atoms with Gasteiger partial charge in [-0.1, -0.05) is 62.2 Å². The number of nitrogens with one attached hydrogen (secondary N) is 1. The lowest BCUT2D eigenvalue weighted by Gasteiger charge is -2.32. The predicted octanol–water partition coefficient (Wildman–Crippen LogP) is 6.11. The third-order valence-electron chi connectivity index (χ3n) is 5.94. The fourth-order valence-electron chi connectivity index (χ4n) is 4.31. The molecule has 7 heteroatoms. The zero-order valence-corrected chi connectivity index (χ0v) is 20.2. The molecule has 0 unspecified atom stereocenters. The normalized spacial score (nSPS) is 14.6. The first-order valence-corrected chi connectivity index (χ1v) is 11.5. The Hall–Kier alpha value is -2.89. The second-order valence-corrected chi connectivity index (χ2v) is 9.88. The molecule has 0 bridgehead atoms. The van der Waals surface area contributed by atoms with Crippen molar-refractivity contribution in [3.8, 4) is 5.69 Å². The van der Waals surface area contributed by atoms with Gasteiger partial charge in [-0.15, -0.1) is 0 Å².